The van der Waals surface area contributed by atoms with Gasteiger partial charge < -0.3 is 10.1 Å². The molecule has 1 fully saturated rings. The van der Waals surface area contributed by atoms with E-state index in [4.69, 9.17) is 4.74 Å². The molecule has 0 saturated heterocycles. The highest BCUT2D eigenvalue weighted by molar-refractivity contribution is 5.95. The van der Waals surface area contributed by atoms with Crippen LogP contribution in [0.3, 0.4) is 0 Å². The number of halogens is 3. The van der Waals surface area contributed by atoms with E-state index in [0.717, 1.165) is 12.8 Å². The number of ketones is 1. The van der Waals surface area contributed by atoms with Crippen LogP contribution in [-0.2, 0) is 11.2 Å². The number of aromatic nitrogens is 2. The Kier molecular flexibility index (Phi) is 6.62. The van der Waals surface area contributed by atoms with Gasteiger partial charge in [-0.2, -0.15) is 13.2 Å². The average Bonchev–Trinajstić information content (AvgIpc) is 3.46. The third-order valence-electron chi connectivity index (χ3n) is 5.34. The molecule has 1 amide bonds. The number of carbonyl (C=O) groups excluding carboxylic acids is 2. The molecule has 0 spiro atoms. The predicted octanol–water partition coefficient (Wildman–Crippen LogP) is 4.21. The lowest BCUT2D eigenvalue weighted by atomic mass is 9.99. The molecule has 1 N–H and O–H groups in total. The average molecular weight is 435 g/mol. The summed E-state index contributed by atoms with van der Waals surface area (Å²) in [5.74, 6) is -0.111. The fraction of sp³-hybridized carbons (Fsp3) is 0.455. The molecule has 9 heteroatoms. The van der Waals surface area contributed by atoms with Gasteiger partial charge in [0.1, 0.15) is 5.78 Å². The summed E-state index contributed by atoms with van der Waals surface area (Å²) in [6.07, 6.45) is -0.399. The van der Waals surface area contributed by atoms with E-state index in [1.165, 1.54) is 18.5 Å². The maximum Gasteiger partial charge on any atom is 0.392 e. The fourth-order valence-corrected chi connectivity index (χ4v) is 2.93. The van der Waals surface area contributed by atoms with Gasteiger partial charge in [-0.3, -0.25) is 14.6 Å². The van der Waals surface area contributed by atoms with E-state index in [0.29, 0.717) is 16.8 Å². The molecule has 1 aliphatic carbocycles. The van der Waals surface area contributed by atoms with Gasteiger partial charge in [0.25, 0.3) is 5.91 Å². The molecular formula is C22H24F3N3O3. The highest BCUT2D eigenvalue weighted by atomic mass is 19.4. The van der Waals surface area contributed by atoms with Crippen molar-refractivity contribution in [3.8, 4) is 5.88 Å². The number of carbonyl (C=O) groups is 2. The Hall–Kier alpha value is -2.97. The zero-order valence-corrected chi connectivity index (χ0v) is 17.3. The number of alkyl halides is 3. The molecule has 0 bridgehead atoms. The molecule has 0 radical (unpaired) electrons. The molecule has 2 aromatic heterocycles. The lowest BCUT2D eigenvalue weighted by molar-refractivity contribution is -0.139. The van der Waals surface area contributed by atoms with Crippen molar-refractivity contribution in [2.24, 2.45) is 5.41 Å². The maximum absolute atomic E-state index is 12.6. The molecule has 166 valence electrons. The van der Waals surface area contributed by atoms with Crippen LogP contribution in [0.2, 0.25) is 0 Å². The van der Waals surface area contributed by atoms with Crippen molar-refractivity contribution in [1.82, 2.24) is 15.3 Å². The van der Waals surface area contributed by atoms with E-state index in [9.17, 15) is 22.8 Å². The predicted molar refractivity (Wildman–Crippen MR) is 107 cm³/mol. The highest BCUT2D eigenvalue weighted by Crippen LogP contribution is 2.46. The minimum atomic E-state index is -4.28. The normalized spacial score (nSPS) is 15.8. The molecule has 1 saturated carbocycles. The number of hydrogen-bond acceptors (Lipinski definition) is 5. The van der Waals surface area contributed by atoms with E-state index >= 15 is 0 Å². The Balaban J connectivity index is 1.55. The fourth-order valence-electron chi connectivity index (χ4n) is 2.93. The molecule has 1 aliphatic rings. The van der Waals surface area contributed by atoms with Crippen LogP contribution < -0.4 is 10.1 Å². The van der Waals surface area contributed by atoms with Gasteiger partial charge >= 0.3 is 6.18 Å². The summed E-state index contributed by atoms with van der Waals surface area (Å²) in [7, 11) is 0. The molecule has 2 aromatic rings. The first-order valence-electron chi connectivity index (χ1n) is 10.0. The minimum absolute atomic E-state index is 0.0827. The zero-order chi connectivity index (χ0) is 22.6. The molecular weight excluding hydrogens is 411 g/mol. The van der Waals surface area contributed by atoms with Crippen LogP contribution in [0.5, 0.6) is 5.88 Å². The number of pyridine rings is 2. The monoisotopic (exact) mass is 435 g/mol. The van der Waals surface area contributed by atoms with E-state index in [1.807, 2.05) is 6.92 Å². The largest absolute Gasteiger partial charge is 0.477 e. The number of nitrogens with zero attached hydrogens (tertiary/aromatic N) is 2. The summed E-state index contributed by atoms with van der Waals surface area (Å²) >= 11 is 0. The molecule has 0 aromatic carbocycles. The second kappa shape index (κ2) is 9.03. The van der Waals surface area contributed by atoms with Crippen LogP contribution in [0.4, 0.5) is 13.2 Å². The van der Waals surface area contributed by atoms with Crippen LogP contribution in [0.25, 0.3) is 0 Å². The topological polar surface area (TPSA) is 81.2 Å². The third kappa shape index (κ3) is 6.50. The van der Waals surface area contributed by atoms with Crippen LogP contribution in [0, 0.1) is 5.41 Å². The number of nitrogens with one attached hydrogen (secondary N) is 1. The zero-order valence-electron chi connectivity index (χ0n) is 17.3. The molecule has 3 rings (SSSR count). The summed E-state index contributed by atoms with van der Waals surface area (Å²) in [4.78, 5) is 33.1. The van der Waals surface area contributed by atoms with Gasteiger partial charge in [-0.05, 0) is 37.5 Å². The van der Waals surface area contributed by atoms with Gasteiger partial charge in [-0.1, -0.05) is 13.0 Å². The Labute approximate surface area is 178 Å². The van der Waals surface area contributed by atoms with E-state index in [1.54, 1.807) is 25.1 Å². The van der Waals surface area contributed by atoms with Crippen molar-refractivity contribution >= 4 is 11.7 Å². The Morgan fingerprint density at radius 1 is 1.23 bits per heavy atom. The summed E-state index contributed by atoms with van der Waals surface area (Å²) in [5.41, 5.74) is 1.37. The van der Waals surface area contributed by atoms with Crippen LogP contribution in [-0.4, -0.2) is 34.4 Å². The molecule has 0 aliphatic heterocycles. The molecule has 1 atom stereocenters. The molecule has 1 unspecified atom stereocenters. The second-order valence-electron chi connectivity index (χ2n) is 8.04. The first-order chi connectivity index (χ1) is 14.6. The smallest absolute Gasteiger partial charge is 0.392 e. The van der Waals surface area contributed by atoms with Gasteiger partial charge in [0, 0.05) is 41.6 Å². The summed E-state index contributed by atoms with van der Waals surface area (Å²) in [6.45, 7) is 3.20. The number of ether oxygens (including phenoxy) is 1. The molecule has 31 heavy (non-hydrogen) atoms. The van der Waals surface area contributed by atoms with Crippen molar-refractivity contribution in [1.29, 1.82) is 0 Å². The van der Waals surface area contributed by atoms with Gasteiger partial charge in [0.15, 0.2) is 0 Å². The Morgan fingerprint density at radius 2 is 1.97 bits per heavy atom. The minimum Gasteiger partial charge on any atom is -0.477 e. The van der Waals surface area contributed by atoms with Crippen LogP contribution in [0.15, 0.2) is 36.7 Å². The quantitative estimate of drug-likeness (QED) is 0.638. The van der Waals surface area contributed by atoms with Crippen molar-refractivity contribution in [2.75, 3.05) is 6.61 Å². The lowest BCUT2D eigenvalue weighted by Crippen LogP contribution is -2.27. The standard InChI is InChI=1S/C22H24F3N3O3/c1-14(16-3-4-19(27-13-16)31-10-8-22(23,24)25)28-20(30)15-5-9-26-17(11-15)12-18(29)21(2)6-7-21/h3-5,9,11,13-14H,6-8,10,12H2,1-2H3,(H,28,30). The first kappa shape index (κ1) is 22.7. The summed E-state index contributed by atoms with van der Waals surface area (Å²) in [5, 5.41) is 2.84. The van der Waals surface area contributed by atoms with E-state index in [-0.39, 0.29) is 29.4 Å². The van der Waals surface area contributed by atoms with Gasteiger partial charge in [-0.25, -0.2) is 4.98 Å². The number of rotatable bonds is 9. The maximum atomic E-state index is 12.6. The summed E-state index contributed by atoms with van der Waals surface area (Å²) in [6, 6.07) is 5.89. The molecule has 2 heterocycles. The second-order valence-corrected chi connectivity index (χ2v) is 8.04. The van der Waals surface area contributed by atoms with Gasteiger partial charge in [0.05, 0.1) is 19.1 Å². The van der Waals surface area contributed by atoms with Crippen LogP contribution >= 0.6 is 0 Å². The van der Waals surface area contributed by atoms with Crippen molar-refractivity contribution in [2.45, 2.75) is 51.7 Å². The van der Waals surface area contributed by atoms with Gasteiger partial charge in [0.2, 0.25) is 5.88 Å². The first-order valence-corrected chi connectivity index (χ1v) is 10.0. The van der Waals surface area contributed by atoms with Crippen molar-refractivity contribution in [3.63, 3.8) is 0 Å². The SMILES string of the molecule is CC(NC(=O)c1ccnc(CC(=O)C2(C)CC2)c1)c1ccc(OCCC(F)(F)F)nc1. The number of Topliss-reactive ketones (excluding diaryl/α,β-unsaturated/α-hetero) is 1. The lowest BCUT2D eigenvalue weighted by Gasteiger charge is -2.15. The van der Waals surface area contributed by atoms with Crippen molar-refractivity contribution in [3.05, 3.63) is 53.5 Å². The van der Waals surface area contributed by atoms with Crippen molar-refractivity contribution < 1.29 is 27.5 Å². The Bertz CT molecular complexity index is 941. The Morgan fingerprint density at radius 3 is 2.58 bits per heavy atom. The van der Waals surface area contributed by atoms with E-state index in [2.05, 4.69) is 15.3 Å². The number of amides is 1. The summed E-state index contributed by atoms with van der Waals surface area (Å²) < 4.78 is 41.5. The third-order valence-corrected chi connectivity index (χ3v) is 5.34. The van der Waals surface area contributed by atoms with E-state index < -0.39 is 25.2 Å². The number of hydrogen-bond donors (Lipinski definition) is 1. The van der Waals surface area contributed by atoms with Crippen LogP contribution in [0.1, 0.15) is 60.8 Å². The highest BCUT2D eigenvalue weighted by Gasteiger charge is 2.44. The van der Waals surface area contributed by atoms with Gasteiger partial charge in [-0.15, -0.1) is 0 Å². The molecule has 6 nitrogen and oxygen atoms in total.